The normalized spacial score (nSPS) is 11.3. The van der Waals surface area contributed by atoms with E-state index in [0.717, 1.165) is 16.0 Å². The van der Waals surface area contributed by atoms with Crippen LogP contribution in [0.4, 0.5) is 5.69 Å². The topological polar surface area (TPSA) is 60.2 Å². The zero-order chi connectivity index (χ0) is 17.7. The molecule has 0 radical (unpaired) electrons. The van der Waals surface area contributed by atoms with E-state index < -0.39 is 5.41 Å². The van der Waals surface area contributed by atoms with Gasteiger partial charge in [0.25, 0.3) is 5.69 Å². The van der Waals surface area contributed by atoms with E-state index in [-0.39, 0.29) is 16.4 Å². The standard InChI is InChI=1S/C19H21NO3S/c1-14(21)19(2,3)13-24-18-10-9-17(20(22)23)12-16(18)11-15-7-5-4-6-8-15/h4-10,12H,11,13H2,1-3H3. The van der Waals surface area contributed by atoms with Crippen molar-refractivity contribution in [2.45, 2.75) is 32.1 Å². The minimum atomic E-state index is -0.420. The molecule has 0 saturated heterocycles. The molecule has 0 atom stereocenters. The lowest BCUT2D eigenvalue weighted by Gasteiger charge is -2.21. The number of benzene rings is 2. The number of ketones is 1. The van der Waals surface area contributed by atoms with Crippen molar-refractivity contribution in [3.05, 3.63) is 69.8 Å². The fourth-order valence-electron chi connectivity index (χ4n) is 2.13. The van der Waals surface area contributed by atoms with Crippen molar-refractivity contribution in [3.63, 3.8) is 0 Å². The number of thioether (sulfide) groups is 1. The van der Waals surface area contributed by atoms with Crippen molar-refractivity contribution in [1.82, 2.24) is 0 Å². The maximum absolute atomic E-state index is 11.7. The average Bonchev–Trinajstić information content (AvgIpc) is 2.54. The first-order valence-electron chi connectivity index (χ1n) is 7.75. The van der Waals surface area contributed by atoms with Crippen LogP contribution in [-0.2, 0) is 11.2 Å². The molecule has 24 heavy (non-hydrogen) atoms. The van der Waals surface area contributed by atoms with E-state index in [1.165, 1.54) is 6.07 Å². The van der Waals surface area contributed by atoms with E-state index in [9.17, 15) is 14.9 Å². The van der Waals surface area contributed by atoms with Gasteiger partial charge in [-0.05, 0) is 30.5 Å². The number of hydrogen-bond acceptors (Lipinski definition) is 4. The zero-order valence-corrected chi connectivity index (χ0v) is 14.9. The van der Waals surface area contributed by atoms with Gasteiger partial charge in [-0.25, -0.2) is 0 Å². The molecule has 0 aromatic heterocycles. The van der Waals surface area contributed by atoms with Gasteiger partial charge in [0.15, 0.2) is 0 Å². The average molecular weight is 343 g/mol. The first-order chi connectivity index (χ1) is 11.3. The summed E-state index contributed by atoms with van der Waals surface area (Å²) in [5.41, 5.74) is 1.69. The minimum absolute atomic E-state index is 0.0936. The fourth-order valence-corrected chi connectivity index (χ4v) is 3.33. The predicted octanol–water partition coefficient (Wildman–Crippen LogP) is 4.89. The lowest BCUT2D eigenvalue weighted by molar-refractivity contribution is -0.385. The predicted molar refractivity (Wildman–Crippen MR) is 97.5 cm³/mol. The summed E-state index contributed by atoms with van der Waals surface area (Å²) in [4.78, 5) is 23.4. The summed E-state index contributed by atoms with van der Waals surface area (Å²) < 4.78 is 0. The van der Waals surface area contributed by atoms with Gasteiger partial charge in [0.2, 0.25) is 0 Å². The Morgan fingerprint density at radius 1 is 1.17 bits per heavy atom. The lowest BCUT2D eigenvalue weighted by Crippen LogP contribution is -2.24. The number of non-ortho nitro benzene ring substituents is 1. The van der Waals surface area contributed by atoms with Crippen LogP contribution >= 0.6 is 11.8 Å². The number of hydrogen-bond donors (Lipinski definition) is 0. The Balaban J connectivity index is 2.29. The van der Waals surface area contributed by atoms with Crippen molar-refractivity contribution in [2.24, 2.45) is 5.41 Å². The molecule has 5 heteroatoms. The number of rotatable bonds is 7. The Kier molecular flexibility index (Phi) is 5.78. The number of nitro groups is 1. The molecular formula is C19H21NO3S. The third kappa shape index (κ3) is 4.68. The molecule has 2 rings (SSSR count). The van der Waals surface area contributed by atoms with Crippen molar-refractivity contribution in [2.75, 3.05) is 5.75 Å². The van der Waals surface area contributed by atoms with Gasteiger partial charge in [0.1, 0.15) is 5.78 Å². The Hall–Kier alpha value is -2.14. The molecule has 0 spiro atoms. The van der Waals surface area contributed by atoms with Crippen LogP contribution in [0, 0.1) is 15.5 Å². The largest absolute Gasteiger partial charge is 0.299 e. The quantitative estimate of drug-likeness (QED) is 0.408. The summed E-state index contributed by atoms with van der Waals surface area (Å²) in [7, 11) is 0. The third-order valence-electron chi connectivity index (χ3n) is 4.03. The molecule has 0 N–H and O–H groups in total. The molecule has 0 saturated carbocycles. The number of nitro benzene ring substituents is 1. The number of carbonyl (C=O) groups excluding carboxylic acids is 1. The fraction of sp³-hybridized carbons (Fsp3) is 0.316. The van der Waals surface area contributed by atoms with Crippen LogP contribution in [0.5, 0.6) is 0 Å². The monoisotopic (exact) mass is 343 g/mol. The van der Waals surface area contributed by atoms with Crippen LogP contribution in [0.15, 0.2) is 53.4 Å². The van der Waals surface area contributed by atoms with Crippen LogP contribution < -0.4 is 0 Å². The second kappa shape index (κ2) is 7.62. The van der Waals surface area contributed by atoms with Gasteiger partial charge in [-0.3, -0.25) is 14.9 Å². The first-order valence-corrected chi connectivity index (χ1v) is 8.73. The van der Waals surface area contributed by atoms with Crippen LogP contribution in [0.2, 0.25) is 0 Å². The van der Waals surface area contributed by atoms with Gasteiger partial charge >= 0.3 is 0 Å². The van der Waals surface area contributed by atoms with Gasteiger partial charge < -0.3 is 0 Å². The van der Waals surface area contributed by atoms with E-state index in [2.05, 4.69) is 0 Å². The molecule has 4 nitrogen and oxygen atoms in total. The molecule has 2 aromatic rings. The Bertz CT molecular complexity index is 742. The highest BCUT2D eigenvalue weighted by atomic mass is 32.2. The van der Waals surface area contributed by atoms with Crippen molar-refractivity contribution < 1.29 is 9.72 Å². The maximum Gasteiger partial charge on any atom is 0.269 e. The smallest absolute Gasteiger partial charge is 0.269 e. The molecule has 0 bridgehead atoms. The Labute approximate surface area is 146 Å². The number of nitrogens with zero attached hydrogens (tertiary/aromatic N) is 1. The molecule has 0 aliphatic carbocycles. The van der Waals surface area contributed by atoms with Gasteiger partial charge in [-0.2, -0.15) is 0 Å². The highest BCUT2D eigenvalue weighted by Gasteiger charge is 2.24. The summed E-state index contributed by atoms with van der Waals surface area (Å²) in [6.45, 7) is 5.44. The molecule has 0 unspecified atom stereocenters. The van der Waals surface area contributed by atoms with Gasteiger partial charge in [0.05, 0.1) is 4.92 Å². The SMILES string of the molecule is CC(=O)C(C)(C)CSc1ccc([N+](=O)[O-])cc1Cc1ccccc1. The highest BCUT2D eigenvalue weighted by molar-refractivity contribution is 7.99. The molecular weight excluding hydrogens is 322 g/mol. The van der Waals surface area contributed by atoms with E-state index in [0.29, 0.717) is 12.2 Å². The van der Waals surface area contributed by atoms with E-state index >= 15 is 0 Å². The molecule has 126 valence electrons. The second-order valence-corrected chi connectivity index (χ2v) is 7.46. The molecule has 0 amide bonds. The minimum Gasteiger partial charge on any atom is -0.299 e. The summed E-state index contributed by atoms with van der Waals surface area (Å²) in [6, 6.07) is 14.8. The lowest BCUT2D eigenvalue weighted by atomic mass is 9.92. The second-order valence-electron chi connectivity index (χ2n) is 6.44. The number of Topliss-reactive ketones (excluding diaryl/α,β-unsaturated/α-hetero) is 1. The Morgan fingerprint density at radius 3 is 2.42 bits per heavy atom. The van der Waals surface area contributed by atoms with E-state index in [1.807, 2.05) is 44.2 Å². The van der Waals surface area contributed by atoms with E-state index in [4.69, 9.17) is 0 Å². The van der Waals surface area contributed by atoms with Crippen molar-refractivity contribution in [1.29, 1.82) is 0 Å². The third-order valence-corrected chi connectivity index (χ3v) is 5.61. The Morgan fingerprint density at radius 2 is 1.83 bits per heavy atom. The van der Waals surface area contributed by atoms with Crippen molar-refractivity contribution >= 4 is 23.2 Å². The molecule has 0 fully saturated rings. The van der Waals surface area contributed by atoms with Crippen molar-refractivity contribution in [3.8, 4) is 0 Å². The molecule has 0 heterocycles. The van der Waals surface area contributed by atoms with Gasteiger partial charge in [-0.15, -0.1) is 11.8 Å². The number of carbonyl (C=O) groups is 1. The summed E-state index contributed by atoms with van der Waals surface area (Å²) in [5, 5.41) is 11.1. The van der Waals surface area contributed by atoms with Crippen LogP contribution in [-0.4, -0.2) is 16.5 Å². The molecule has 0 aliphatic rings. The van der Waals surface area contributed by atoms with Crippen LogP contribution in [0.3, 0.4) is 0 Å². The first kappa shape index (κ1) is 18.2. The van der Waals surface area contributed by atoms with Crippen LogP contribution in [0.25, 0.3) is 0 Å². The van der Waals surface area contributed by atoms with Gasteiger partial charge in [0, 0.05) is 28.2 Å². The highest BCUT2D eigenvalue weighted by Crippen LogP contribution is 2.33. The summed E-state index contributed by atoms with van der Waals surface area (Å²) in [5.74, 6) is 0.781. The molecule has 0 aliphatic heterocycles. The summed E-state index contributed by atoms with van der Waals surface area (Å²) in [6.07, 6.45) is 0.630. The van der Waals surface area contributed by atoms with Gasteiger partial charge in [-0.1, -0.05) is 44.2 Å². The maximum atomic E-state index is 11.7. The van der Waals surface area contributed by atoms with E-state index in [1.54, 1.807) is 30.8 Å². The summed E-state index contributed by atoms with van der Waals surface area (Å²) >= 11 is 1.58. The van der Waals surface area contributed by atoms with Crippen LogP contribution in [0.1, 0.15) is 31.9 Å². The zero-order valence-electron chi connectivity index (χ0n) is 14.1. The molecule has 2 aromatic carbocycles.